The lowest BCUT2D eigenvalue weighted by Gasteiger charge is -2.24. The standard InChI is InChI=1S/C22H21N3O2/c23-14-18-6-8-19(9-7-18)25-16-22(13-21(25)27)10-11-24(15-22)20(26)12-17-4-2-1-3-5-17/h1-9H,10-13,15-16H2. The first-order chi connectivity index (χ1) is 13.1. The van der Waals surface area contributed by atoms with E-state index in [-0.39, 0.29) is 17.2 Å². The molecular formula is C22H21N3O2. The average molecular weight is 359 g/mol. The smallest absolute Gasteiger partial charge is 0.227 e. The van der Waals surface area contributed by atoms with Crippen LogP contribution in [0.5, 0.6) is 0 Å². The van der Waals surface area contributed by atoms with Crippen LogP contribution in [-0.4, -0.2) is 36.3 Å². The summed E-state index contributed by atoms with van der Waals surface area (Å²) in [5.41, 5.74) is 2.27. The van der Waals surface area contributed by atoms with Gasteiger partial charge < -0.3 is 9.80 Å². The van der Waals surface area contributed by atoms with Gasteiger partial charge in [-0.05, 0) is 36.2 Å². The molecule has 5 heteroatoms. The Labute approximate surface area is 158 Å². The Morgan fingerprint density at radius 2 is 1.81 bits per heavy atom. The van der Waals surface area contributed by atoms with Crippen LogP contribution >= 0.6 is 0 Å². The van der Waals surface area contributed by atoms with Gasteiger partial charge in [-0.25, -0.2) is 0 Å². The van der Waals surface area contributed by atoms with Crippen LogP contribution in [0.3, 0.4) is 0 Å². The number of nitriles is 1. The summed E-state index contributed by atoms with van der Waals surface area (Å²) in [5, 5.41) is 8.93. The third kappa shape index (κ3) is 3.43. The number of hydrogen-bond donors (Lipinski definition) is 0. The number of benzene rings is 2. The first-order valence-electron chi connectivity index (χ1n) is 9.21. The zero-order valence-corrected chi connectivity index (χ0v) is 15.1. The molecule has 2 aromatic rings. The van der Waals surface area contributed by atoms with Gasteiger partial charge in [0, 0.05) is 37.2 Å². The van der Waals surface area contributed by atoms with Gasteiger partial charge >= 0.3 is 0 Å². The van der Waals surface area contributed by atoms with Gasteiger partial charge in [-0.1, -0.05) is 30.3 Å². The highest BCUT2D eigenvalue weighted by Crippen LogP contribution is 2.42. The minimum absolute atomic E-state index is 0.0945. The lowest BCUT2D eigenvalue weighted by Crippen LogP contribution is -2.34. The highest BCUT2D eigenvalue weighted by molar-refractivity contribution is 5.96. The summed E-state index contributed by atoms with van der Waals surface area (Å²) < 4.78 is 0. The van der Waals surface area contributed by atoms with E-state index >= 15 is 0 Å². The average Bonchev–Trinajstić information content (AvgIpc) is 3.25. The van der Waals surface area contributed by atoms with Crippen LogP contribution in [0, 0.1) is 16.7 Å². The molecule has 2 amide bonds. The van der Waals surface area contributed by atoms with Crippen molar-refractivity contribution in [3.05, 3.63) is 65.7 Å². The van der Waals surface area contributed by atoms with E-state index < -0.39 is 0 Å². The van der Waals surface area contributed by atoms with Crippen LogP contribution in [0.4, 0.5) is 5.69 Å². The molecule has 4 rings (SSSR count). The van der Waals surface area contributed by atoms with Crippen LogP contribution in [0.15, 0.2) is 54.6 Å². The SMILES string of the molecule is N#Cc1ccc(N2CC3(CCN(C(=O)Cc4ccccc4)C3)CC2=O)cc1. The van der Waals surface area contributed by atoms with Crippen LogP contribution in [-0.2, 0) is 16.0 Å². The first kappa shape index (κ1) is 17.3. The maximum absolute atomic E-state index is 12.7. The van der Waals surface area contributed by atoms with Gasteiger partial charge in [0.25, 0.3) is 0 Å². The van der Waals surface area contributed by atoms with Crippen molar-refractivity contribution in [2.24, 2.45) is 5.41 Å². The van der Waals surface area contributed by atoms with E-state index in [0.717, 1.165) is 17.7 Å². The predicted molar refractivity (Wildman–Crippen MR) is 102 cm³/mol. The zero-order chi connectivity index (χ0) is 18.9. The van der Waals surface area contributed by atoms with Gasteiger partial charge in [-0.3, -0.25) is 9.59 Å². The van der Waals surface area contributed by atoms with Gasteiger partial charge in [0.15, 0.2) is 0 Å². The van der Waals surface area contributed by atoms with Gasteiger partial charge in [-0.15, -0.1) is 0 Å². The number of carbonyl (C=O) groups is 2. The van der Waals surface area contributed by atoms with E-state index in [9.17, 15) is 9.59 Å². The minimum atomic E-state index is -0.155. The number of anilines is 1. The highest BCUT2D eigenvalue weighted by atomic mass is 16.2. The van der Waals surface area contributed by atoms with E-state index in [1.807, 2.05) is 47.4 Å². The molecule has 0 saturated carbocycles. The third-order valence-corrected chi connectivity index (χ3v) is 5.62. The molecule has 2 aromatic carbocycles. The number of carbonyl (C=O) groups excluding carboxylic acids is 2. The molecule has 1 atom stereocenters. The van der Waals surface area contributed by atoms with E-state index in [4.69, 9.17) is 5.26 Å². The second kappa shape index (κ2) is 6.88. The molecule has 1 unspecified atom stereocenters. The molecule has 1 spiro atoms. The maximum Gasteiger partial charge on any atom is 0.227 e. The van der Waals surface area contributed by atoms with Crippen molar-refractivity contribution in [2.45, 2.75) is 19.3 Å². The number of hydrogen-bond acceptors (Lipinski definition) is 3. The Hall–Kier alpha value is -3.13. The molecule has 2 heterocycles. The second-order valence-electron chi connectivity index (χ2n) is 7.54. The number of nitrogens with zero attached hydrogens (tertiary/aromatic N) is 3. The van der Waals surface area contributed by atoms with Crippen molar-refractivity contribution < 1.29 is 9.59 Å². The lowest BCUT2D eigenvalue weighted by atomic mass is 9.86. The molecular weight excluding hydrogens is 338 g/mol. The largest absolute Gasteiger partial charge is 0.342 e. The van der Waals surface area contributed by atoms with Crippen LogP contribution in [0.25, 0.3) is 0 Å². The van der Waals surface area contributed by atoms with Gasteiger partial charge in [-0.2, -0.15) is 5.26 Å². The summed E-state index contributed by atoms with van der Waals surface area (Å²) in [6.45, 7) is 1.98. The third-order valence-electron chi connectivity index (χ3n) is 5.62. The summed E-state index contributed by atoms with van der Waals surface area (Å²) >= 11 is 0. The van der Waals surface area contributed by atoms with Gasteiger partial charge in [0.2, 0.25) is 11.8 Å². The number of likely N-dealkylation sites (tertiary alicyclic amines) is 1. The van der Waals surface area contributed by atoms with Crippen molar-refractivity contribution in [2.75, 3.05) is 24.5 Å². The Bertz CT molecular complexity index is 901. The van der Waals surface area contributed by atoms with E-state index in [1.165, 1.54) is 0 Å². The summed E-state index contributed by atoms with van der Waals surface area (Å²) in [4.78, 5) is 29.0. The van der Waals surface area contributed by atoms with Crippen molar-refractivity contribution >= 4 is 17.5 Å². The normalized spacial score (nSPS) is 21.7. The number of rotatable bonds is 3. The molecule has 2 aliphatic rings. The van der Waals surface area contributed by atoms with E-state index in [0.29, 0.717) is 38.0 Å². The summed E-state index contributed by atoms with van der Waals surface area (Å²) in [6, 6.07) is 19.0. The van der Waals surface area contributed by atoms with Gasteiger partial charge in [0.1, 0.15) is 0 Å². The Kier molecular flexibility index (Phi) is 4.41. The Balaban J connectivity index is 1.43. The molecule has 0 bridgehead atoms. The zero-order valence-electron chi connectivity index (χ0n) is 15.1. The molecule has 136 valence electrons. The Morgan fingerprint density at radius 1 is 1.07 bits per heavy atom. The molecule has 0 aromatic heterocycles. The molecule has 2 fully saturated rings. The van der Waals surface area contributed by atoms with E-state index in [1.54, 1.807) is 17.0 Å². The topological polar surface area (TPSA) is 64.4 Å². The summed E-state index contributed by atoms with van der Waals surface area (Å²) in [7, 11) is 0. The summed E-state index contributed by atoms with van der Waals surface area (Å²) in [5.74, 6) is 0.222. The van der Waals surface area contributed by atoms with Crippen molar-refractivity contribution in [3.63, 3.8) is 0 Å². The Morgan fingerprint density at radius 3 is 2.52 bits per heavy atom. The first-order valence-corrected chi connectivity index (χ1v) is 9.21. The second-order valence-corrected chi connectivity index (χ2v) is 7.54. The van der Waals surface area contributed by atoms with Crippen LogP contribution in [0.1, 0.15) is 24.0 Å². The number of amides is 2. The monoisotopic (exact) mass is 359 g/mol. The van der Waals surface area contributed by atoms with Crippen molar-refractivity contribution in [1.82, 2.24) is 4.90 Å². The van der Waals surface area contributed by atoms with Crippen molar-refractivity contribution in [3.8, 4) is 6.07 Å². The fourth-order valence-electron chi connectivity index (χ4n) is 4.15. The minimum Gasteiger partial charge on any atom is -0.342 e. The maximum atomic E-state index is 12.7. The van der Waals surface area contributed by atoms with Crippen LogP contribution in [0.2, 0.25) is 0 Å². The molecule has 0 aliphatic carbocycles. The molecule has 27 heavy (non-hydrogen) atoms. The van der Waals surface area contributed by atoms with Crippen molar-refractivity contribution in [1.29, 1.82) is 5.26 Å². The van der Waals surface area contributed by atoms with Crippen LogP contribution < -0.4 is 4.90 Å². The molecule has 5 nitrogen and oxygen atoms in total. The highest BCUT2D eigenvalue weighted by Gasteiger charge is 2.48. The quantitative estimate of drug-likeness (QED) is 0.846. The van der Waals surface area contributed by atoms with Gasteiger partial charge in [0.05, 0.1) is 18.1 Å². The van der Waals surface area contributed by atoms with E-state index in [2.05, 4.69) is 6.07 Å². The fourth-order valence-corrected chi connectivity index (χ4v) is 4.15. The molecule has 2 aliphatic heterocycles. The predicted octanol–water partition coefficient (Wildman–Crippen LogP) is 2.76. The molecule has 2 saturated heterocycles. The summed E-state index contributed by atoms with van der Waals surface area (Å²) in [6.07, 6.45) is 1.73. The lowest BCUT2D eigenvalue weighted by molar-refractivity contribution is -0.130. The molecule has 0 N–H and O–H groups in total. The molecule has 0 radical (unpaired) electrons. The fraction of sp³-hybridized carbons (Fsp3) is 0.318.